The highest BCUT2D eigenvalue weighted by Crippen LogP contribution is 1.65. The Bertz CT molecular complexity index is 55.7. The van der Waals surface area contributed by atoms with E-state index in [0.717, 1.165) is 0 Å². The molecular weight excluding hydrogens is 161 g/mol. The summed E-state index contributed by atoms with van der Waals surface area (Å²) in [6.45, 7) is 7.50. The molecule has 0 saturated carbocycles. The fourth-order valence-corrected chi connectivity index (χ4v) is 0. The van der Waals surface area contributed by atoms with Gasteiger partial charge < -0.3 is 16.0 Å². The van der Waals surface area contributed by atoms with Crippen LogP contribution in [0.15, 0.2) is 0 Å². The first-order valence-corrected chi connectivity index (χ1v) is 4.33. The number of hydrogen-bond donors (Lipinski definition) is 3. The third kappa shape index (κ3) is 71.6. The Labute approximate surface area is 69.7 Å². The van der Waals surface area contributed by atoms with E-state index in [2.05, 4.69) is 16.0 Å². The van der Waals surface area contributed by atoms with E-state index in [4.69, 9.17) is 4.57 Å². The lowest BCUT2D eigenvalue weighted by molar-refractivity contribution is 0.607. The molecule has 0 aromatic carbocycles. The highest BCUT2D eigenvalue weighted by molar-refractivity contribution is 7.00. The Morgan fingerprint density at radius 2 is 0.727 bits per heavy atom. The van der Waals surface area contributed by atoms with Crippen LogP contribution < -0.4 is 16.0 Å². The van der Waals surface area contributed by atoms with Crippen molar-refractivity contribution in [2.24, 2.45) is 0 Å². The van der Waals surface area contributed by atoms with Gasteiger partial charge in [-0.05, 0) is 0 Å². The summed E-state index contributed by atoms with van der Waals surface area (Å²) in [6, 6.07) is 0. The Hall–Kier alpha value is -0.0200. The molecule has 3 aliphatic rings. The van der Waals surface area contributed by atoms with Crippen molar-refractivity contribution in [3.63, 3.8) is 0 Å². The number of rotatable bonds is 0. The van der Waals surface area contributed by atoms with Crippen LogP contribution in [-0.2, 0) is 4.57 Å². The average Bonchev–Trinajstić information content (AvgIpc) is 2.99. The van der Waals surface area contributed by atoms with Crippen molar-refractivity contribution in [2.45, 2.75) is 0 Å². The number of nitrogens with one attached hydrogen (secondary N) is 3. The summed E-state index contributed by atoms with van der Waals surface area (Å²) in [5, 5.41) is 9.00. The van der Waals surface area contributed by atoms with Crippen molar-refractivity contribution in [1.82, 2.24) is 16.0 Å². The van der Waals surface area contributed by atoms with Crippen LogP contribution in [0, 0.1) is 0 Å². The van der Waals surface area contributed by atoms with Gasteiger partial charge in [0.25, 0.3) is 0 Å². The molecule has 0 aromatic heterocycles. The van der Waals surface area contributed by atoms with E-state index in [-0.39, 0.29) is 0 Å². The van der Waals surface area contributed by atoms with Gasteiger partial charge in [-0.2, -0.15) is 0 Å². The second-order valence-electron chi connectivity index (χ2n) is 2.25. The monoisotopic (exact) mass is 178 g/mol. The second-order valence-corrected chi connectivity index (χ2v) is 2.25. The quantitative estimate of drug-likeness (QED) is 0.327. The molecular formula is C6H17N3OP+. The molecule has 11 heavy (non-hydrogen) atoms. The smallest absolute Gasteiger partial charge is 0.310 e. The van der Waals surface area contributed by atoms with Gasteiger partial charge in [-0.1, -0.05) is 4.57 Å². The minimum absolute atomic E-state index is 1.17. The fourth-order valence-electron chi connectivity index (χ4n) is 0. The average molecular weight is 178 g/mol. The van der Waals surface area contributed by atoms with Crippen LogP contribution in [0.5, 0.6) is 0 Å². The normalized spacial score (nSPS) is 20.0. The summed E-state index contributed by atoms with van der Waals surface area (Å²) >= 11 is 0. The minimum Gasteiger partial charge on any atom is -0.314 e. The Balaban J connectivity index is 0.000000124. The van der Waals surface area contributed by atoms with Crippen LogP contribution in [0.25, 0.3) is 0 Å². The zero-order valence-corrected chi connectivity index (χ0v) is 7.88. The van der Waals surface area contributed by atoms with Crippen molar-refractivity contribution in [1.29, 1.82) is 0 Å². The van der Waals surface area contributed by atoms with E-state index in [1.54, 1.807) is 0 Å². The molecule has 0 spiro atoms. The van der Waals surface area contributed by atoms with Crippen molar-refractivity contribution in [3.05, 3.63) is 0 Å². The van der Waals surface area contributed by atoms with Crippen molar-refractivity contribution in [2.75, 3.05) is 39.3 Å². The molecule has 1 atom stereocenters. The predicted molar refractivity (Wildman–Crippen MR) is 49.0 cm³/mol. The first-order chi connectivity index (χ1) is 5.50. The SMILES string of the molecule is C1CN1.C1CN1.C1CN1.O=[PH2+]. The summed E-state index contributed by atoms with van der Waals surface area (Å²) in [4.78, 5) is 0. The van der Waals surface area contributed by atoms with Crippen molar-refractivity contribution in [3.8, 4) is 0 Å². The van der Waals surface area contributed by atoms with Gasteiger partial charge in [0.15, 0.2) is 0 Å². The molecule has 4 nitrogen and oxygen atoms in total. The van der Waals surface area contributed by atoms with Crippen LogP contribution >= 0.6 is 9.12 Å². The lowest BCUT2D eigenvalue weighted by Crippen LogP contribution is -1.56. The first kappa shape index (κ1) is 11.0. The van der Waals surface area contributed by atoms with Gasteiger partial charge >= 0.3 is 9.12 Å². The standard InChI is InChI=1S/3C2H5N.H2OP/c3*1-2-3-1;1-2/h3*3H,1-2H2;2H2/q;;;+1. The molecule has 5 heteroatoms. The molecule has 1 unspecified atom stereocenters. The maximum atomic E-state index is 8.17. The summed E-state index contributed by atoms with van der Waals surface area (Å²) in [5.74, 6) is 0. The van der Waals surface area contributed by atoms with E-state index in [1.807, 2.05) is 0 Å². The van der Waals surface area contributed by atoms with Crippen LogP contribution in [0.1, 0.15) is 0 Å². The van der Waals surface area contributed by atoms with Crippen LogP contribution in [0.3, 0.4) is 0 Å². The van der Waals surface area contributed by atoms with E-state index >= 15 is 0 Å². The summed E-state index contributed by atoms with van der Waals surface area (Å²) in [5.41, 5.74) is 0. The van der Waals surface area contributed by atoms with Crippen molar-refractivity contribution < 1.29 is 4.57 Å². The highest BCUT2D eigenvalue weighted by atomic mass is 31.0. The molecule has 0 radical (unpaired) electrons. The molecule has 0 bridgehead atoms. The molecule has 3 N–H and O–H groups in total. The topological polar surface area (TPSA) is 82.9 Å². The molecule has 3 saturated heterocycles. The third-order valence-electron chi connectivity index (χ3n) is 0.750. The van der Waals surface area contributed by atoms with Gasteiger partial charge in [-0.3, -0.25) is 0 Å². The van der Waals surface area contributed by atoms with Crippen LogP contribution in [-0.4, -0.2) is 39.3 Å². The lowest BCUT2D eigenvalue weighted by Gasteiger charge is -1.21. The summed E-state index contributed by atoms with van der Waals surface area (Å²) in [7, 11) is 1.17. The molecule has 0 amide bonds. The lowest BCUT2D eigenvalue weighted by atomic mass is 11.0. The molecule has 3 rings (SSSR count). The molecule has 3 heterocycles. The molecule has 0 aliphatic carbocycles. The zero-order valence-electron chi connectivity index (χ0n) is 6.73. The molecule has 3 aliphatic heterocycles. The maximum absolute atomic E-state index is 8.17. The van der Waals surface area contributed by atoms with Gasteiger partial charge in [-0.15, -0.1) is 0 Å². The van der Waals surface area contributed by atoms with Gasteiger partial charge in [-0.25, -0.2) is 0 Å². The Morgan fingerprint density at radius 3 is 0.727 bits per heavy atom. The third-order valence-corrected chi connectivity index (χ3v) is 0.750. The summed E-state index contributed by atoms with van der Waals surface area (Å²) < 4.78 is 8.17. The van der Waals surface area contributed by atoms with Gasteiger partial charge in [0.1, 0.15) is 0 Å². The van der Waals surface area contributed by atoms with Crippen LogP contribution in [0.2, 0.25) is 0 Å². The fraction of sp³-hybridized carbons (Fsp3) is 1.00. The van der Waals surface area contributed by atoms with E-state index in [1.165, 1.54) is 48.4 Å². The van der Waals surface area contributed by atoms with E-state index in [0.29, 0.717) is 0 Å². The highest BCUT2D eigenvalue weighted by Gasteiger charge is 1.91. The first-order valence-electron chi connectivity index (χ1n) is 3.86. The minimum atomic E-state index is 1.17. The largest absolute Gasteiger partial charge is 0.314 e. The van der Waals surface area contributed by atoms with Gasteiger partial charge in [0.2, 0.25) is 0 Å². The summed E-state index contributed by atoms with van der Waals surface area (Å²) in [6.07, 6.45) is 0. The number of hydrogen-bond acceptors (Lipinski definition) is 4. The second kappa shape index (κ2) is 9.98. The zero-order chi connectivity index (χ0) is 8.36. The predicted octanol–water partition coefficient (Wildman–Crippen LogP) is -1.02. The maximum Gasteiger partial charge on any atom is 0.310 e. The Kier molecular flexibility index (Phi) is 9.96. The van der Waals surface area contributed by atoms with Gasteiger partial charge in [0, 0.05) is 39.3 Å². The Morgan fingerprint density at radius 1 is 0.636 bits per heavy atom. The van der Waals surface area contributed by atoms with Crippen molar-refractivity contribution >= 4 is 9.12 Å². The molecule has 0 aromatic rings. The van der Waals surface area contributed by atoms with E-state index < -0.39 is 0 Å². The van der Waals surface area contributed by atoms with E-state index in [9.17, 15) is 0 Å². The van der Waals surface area contributed by atoms with Gasteiger partial charge in [0.05, 0.1) is 0 Å². The van der Waals surface area contributed by atoms with Crippen LogP contribution in [0.4, 0.5) is 0 Å². The molecule has 3 fully saturated rings. The molecule has 66 valence electrons.